The summed E-state index contributed by atoms with van der Waals surface area (Å²) in [4.78, 5) is 0. The number of nitrogens with zero attached hydrogens (tertiary/aromatic N) is 1. The fourth-order valence-corrected chi connectivity index (χ4v) is 1.01. The van der Waals surface area contributed by atoms with E-state index in [2.05, 4.69) is 0 Å². The summed E-state index contributed by atoms with van der Waals surface area (Å²) in [7, 11) is 0. The molecule has 0 spiro atoms. The van der Waals surface area contributed by atoms with Crippen LogP contribution < -0.4 is 0 Å². The molecule has 0 aliphatic rings. The Labute approximate surface area is 69.7 Å². The quantitative estimate of drug-likeness (QED) is 0.644. The van der Waals surface area contributed by atoms with E-state index in [0.29, 0.717) is 16.1 Å². The SMILES string of the molecule is Cc1cc(Cl)c(C#N)cc1O. The fourth-order valence-electron chi connectivity index (χ4n) is 0.747. The van der Waals surface area contributed by atoms with Gasteiger partial charge in [-0.25, -0.2) is 0 Å². The predicted octanol–water partition coefficient (Wildman–Crippen LogP) is 2.23. The molecule has 2 nitrogen and oxygen atoms in total. The number of phenolic OH excluding ortho intramolecular Hbond substituents is 1. The monoisotopic (exact) mass is 167 g/mol. The molecule has 11 heavy (non-hydrogen) atoms. The highest BCUT2D eigenvalue weighted by atomic mass is 35.5. The first-order valence-corrected chi connectivity index (χ1v) is 3.42. The smallest absolute Gasteiger partial charge is 0.119 e. The molecule has 0 saturated carbocycles. The number of phenols is 1. The van der Waals surface area contributed by atoms with Crippen LogP contribution in [0.5, 0.6) is 5.75 Å². The van der Waals surface area contributed by atoms with Crippen LogP contribution in [0, 0.1) is 18.3 Å². The molecule has 1 aromatic carbocycles. The molecule has 3 heteroatoms. The maximum absolute atomic E-state index is 9.15. The summed E-state index contributed by atoms with van der Waals surface area (Å²) in [5.74, 6) is 0.103. The van der Waals surface area contributed by atoms with E-state index in [1.807, 2.05) is 6.07 Å². The highest BCUT2D eigenvalue weighted by Gasteiger charge is 2.02. The minimum absolute atomic E-state index is 0.103. The van der Waals surface area contributed by atoms with Crippen molar-refractivity contribution in [1.29, 1.82) is 5.26 Å². The standard InChI is InChI=1S/C8H6ClNO/c1-5-2-7(9)6(4-10)3-8(5)11/h2-3,11H,1H3. The van der Waals surface area contributed by atoms with Gasteiger partial charge in [0.25, 0.3) is 0 Å². The molecule has 0 aliphatic heterocycles. The Morgan fingerprint density at radius 1 is 1.55 bits per heavy atom. The molecule has 0 fully saturated rings. The number of benzene rings is 1. The van der Waals surface area contributed by atoms with Gasteiger partial charge in [0, 0.05) is 0 Å². The summed E-state index contributed by atoms with van der Waals surface area (Å²) in [5, 5.41) is 18.0. The zero-order chi connectivity index (χ0) is 8.43. The van der Waals surface area contributed by atoms with Gasteiger partial charge in [-0.3, -0.25) is 0 Å². The molecular weight excluding hydrogens is 162 g/mol. The maximum Gasteiger partial charge on any atom is 0.119 e. The van der Waals surface area contributed by atoms with Gasteiger partial charge in [0.15, 0.2) is 0 Å². The van der Waals surface area contributed by atoms with Gasteiger partial charge in [0.1, 0.15) is 11.8 Å². The third-order valence-electron chi connectivity index (χ3n) is 1.41. The van der Waals surface area contributed by atoms with E-state index >= 15 is 0 Å². The van der Waals surface area contributed by atoms with Crippen LogP contribution in [0.3, 0.4) is 0 Å². The van der Waals surface area contributed by atoms with Gasteiger partial charge in [0.05, 0.1) is 10.6 Å². The van der Waals surface area contributed by atoms with E-state index in [4.69, 9.17) is 22.0 Å². The second-order valence-electron chi connectivity index (χ2n) is 2.23. The predicted molar refractivity (Wildman–Crippen MR) is 42.6 cm³/mol. The summed E-state index contributed by atoms with van der Waals surface area (Å²) in [6, 6.07) is 4.80. The minimum atomic E-state index is 0.103. The first-order valence-electron chi connectivity index (χ1n) is 3.04. The summed E-state index contributed by atoms with van der Waals surface area (Å²) in [6.07, 6.45) is 0. The molecule has 0 radical (unpaired) electrons. The zero-order valence-corrected chi connectivity index (χ0v) is 6.68. The Morgan fingerprint density at radius 3 is 2.73 bits per heavy atom. The van der Waals surface area contributed by atoms with Gasteiger partial charge in [-0.1, -0.05) is 11.6 Å². The van der Waals surface area contributed by atoms with E-state index in [1.54, 1.807) is 13.0 Å². The molecule has 0 saturated heterocycles. The van der Waals surface area contributed by atoms with Gasteiger partial charge in [-0.05, 0) is 24.6 Å². The Balaban J connectivity index is 3.35. The molecular formula is C8H6ClNO. The van der Waals surface area contributed by atoms with Crippen LogP contribution in [0.25, 0.3) is 0 Å². The lowest BCUT2D eigenvalue weighted by atomic mass is 10.1. The van der Waals surface area contributed by atoms with E-state index in [-0.39, 0.29) is 5.75 Å². The number of hydrogen-bond donors (Lipinski definition) is 1. The molecule has 0 aliphatic carbocycles. The lowest BCUT2D eigenvalue weighted by molar-refractivity contribution is 0.471. The van der Waals surface area contributed by atoms with Crippen molar-refractivity contribution in [3.8, 4) is 11.8 Å². The second-order valence-corrected chi connectivity index (χ2v) is 2.64. The van der Waals surface area contributed by atoms with E-state index in [0.717, 1.165) is 0 Å². The maximum atomic E-state index is 9.15. The normalized spacial score (nSPS) is 9.18. The van der Waals surface area contributed by atoms with Gasteiger partial charge in [-0.2, -0.15) is 5.26 Å². The molecule has 0 heterocycles. The van der Waals surface area contributed by atoms with Crippen molar-refractivity contribution >= 4 is 11.6 Å². The molecule has 56 valence electrons. The van der Waals surface area contributed by atoms with Crippen LogP contribution in [0.15, 0.2) is 12.1 Å². The van der Waals surface area contributed by atoms with Crippen molar-refractivity contribution in [2.24, 2.45) is 0 Å². The summed E-state index contributed by atoms with van der Waals surface area (Å²) < 4.78 is 0. The van der Waals surface area contributed by atoms with Gasteiger partial charge >= 0.3 is 0 Å². The molecule has 0 aromatic heterocycles. The molecule has 1 aromatic rings. The number of hydrogen-bond acceptors (Lipinski definition) is 2. The minimum Gasteiger partial charge on any atom is -0.508 e. The average molecular weight is 168 g/mol. The van der Waals surface area contributed by atoms with Gasteiger partial charge in [0.2, 0.25) is 0 Å². The molecule has 0 atom stereocenters. The molecule has 0 bridgehead atoms. The number of halogens is 1. The van der Waals surface area contributed by atoms with E-state index in [9.17, 15) is 0 Å². The second kappa shape index (κ2) is 2.81. The number of rotatable bonds is 0. The van der Waals surface area contributed by atoms with Gasteiger partial charge in [-0.15, -0.1) is 0 Å². The number of aromatic hydroxyl groups is 1. The van der Waals surface area contributed by atoms with Crippen molar-refractivity contribution < 1.29 is 5.11 Å². The third-order valence-corrected chi connectivity index (χ3v) is 1.72. The Bertz CT molecular complexity index is 328. The van der Waals surface area contributed by atoms with Crippen LogP contribution in [0.1, 0.15) is 11.1 Å². The molecule has 1 rings (SSSR count). The Hall–Kier alpha value is -1.20. The van der Waals surface area contributed by atoms with Crippen LogP contribution in [-0.4, -0.2) is 5.11 Å². The van der Waals surface area contributed by atoms with Gasteiger partial charge < -0.3 is 5.11 Å². The topological polar surface area (TPSA) is 44.0 Å². The van der Waals surface area contributed by atoms with Crippen molar-refractivity contribution in [3.63, 3.8) is 0 Å². The van der Waals surface area contributed by atoms with Crippen molar-refractivity contribution in [1.82, 2.24) is 0 Å². The highest BCUT2D eigenvalue weighted by molar-refractivity contribution is 6.31. The largest absolute Gasteiger partial charge is 0.508 e. The van der Waals surface area contributed by atoms with Crippen LogP contribution in [0.4, 0.5) is 0 Å². The van der Waals surface area contributed by atoms with E-state index < -0.39 is 0 Å². The lowest BCUT2D eigenvalue weighted by Gasteiger charge is -1.99. The Morgan fingerprint density at radius 2 is 2.18 bits per heavy atom. The molecule has 0 unspecified atom stereocenters. The third kappa shape index (κ3) is 1.44. The van der Waals surface area contributed by atoms with Crippen molar-refractivity contribution in [2.75, 3.05) is 0 Å². The van der Waals surface area contributed by atoms with E-state index in [1.165, 1.54) is 6.07 Å². The number of aryl methyl sites for hydroxylation is 1. The number of nitriles is 1. The lowest BCUT2D eigenvalue weighted by Crippen LogP contribution is -1.80. The zero-order valence-electron chi connectivity index (χ0n) is 5.93. The summed E-state index contributed by atoms with van der Waals surface area (Å²) >= 11 is 5.67. The summed E-state index contributed by atoms with van der Waals surface area (Å²) in [5.41, 5.74) is 0.976. The average Bonchev–Trinajstić information content (AvgIpc) is 1.97. The van der Waals surface area contributed by atoms with Crippen LogP contribution in [-0.2, 0) is 0 Å². The van der Waals surface area contributed by atoms with Crippen LogP contribution >= 0.6 is 11.6 Å². The van der Waals surface area contributed by atoms with Crippen molar-refractivity contribution in [2.45, 2.75) is 6.92 Å². The first kappa shape index (κ1) is 7.90. The highest BCUT2D eigenvalue weighted by Crippen LogP contribution is 2.24. The Kier molecular flexibility index (Phi) is 2.02. The molecule has 0 amide bonds. The van der Waals surface area contributed by atoms with Crippen LogP contribution in [0.2, 0.25) is 5.02 Å². The summed E-state index contributed by atoms with van der Waals surface area (Å²) in [6.45, 7) is 1.72. The fraction of sp³-hybridized carbons (Fsp3) is 0.125. The van der Waals surface area contributed by atoms with Crippen molar-refractivity contribution in [3.05, 3.63) is 28.3 Å². The first-order chi connectivity index (χ1) is 5.15. The molecule has 1 N–H and O–H groups in total.